The second kappa shape index (κ2) is 9.78. The van der Waals surface area contributed by atoms with E-state index in [2.05, 4.69) is 27.5 Å². The van der Waals surface area contributed by atoms with E-state index in [0.717, 1.165) is 40.9 Å². The van der Waals surface area contributed by atoms with Crippen LogP contribution in [-0.4, -0.2) is 58.6 Å². The zero-order valence-corrected chi connectivity index (χ0v) is 18.1. The van der Waals surface area contributed by atoms with Gasteiger partial charge in [-0.15, -0.1) is 5.10 Å². The Bertz CT molecular complexity index is 1030. The molecule has 164 valence electrons. The minimum Gasteiger partial charge on any atom is -0.497 e. The third-order valence-corrected chi connectivity index (χ3v) is 5.53. The molecule has 0 spiro atoms. The van der Waals surface area contributed by atoms with Crippen LogP contribution in [0.1, 0.15) is 25.3 Å². The van der Waals surface area contributed by atoms with Gasteiger partial charge in [0, 0.05) is 31.7 Å². The number of amides is 1. The number of nitrogens with one attached hydrogen (secondary N) is 1. The third-order valence-electron chi connectivity index (χ3n) is 5.53. The first-order valence-corrected chi connectivity index (χ1v) is 10.8. The van der Waals surface area contributed by atoms with Crippen LogP contribution in [0.5, 0.6) is 11.5 Å². The van der Waals surface area contributed by atoms with E-state index in [0.29, 0.717) is 32.7 Å². The molecule has 0 aliphatic carbocycles. The summed E-state index contributed by atoms with van der Waals surface area (Å²) >= 11 is 0. The standard InChI is InChI=1S/C23H29N5O3/c1-3-18-15-27(14-17-13-19(30-2)9-10-22(17)31-18)16-23(29)24-11-6-12-28-21-8-5-4-7-20(21)25-26-28/h4-5,7-10,13,18H,3,6,11-12,14-16H2,1-2H3,(H,24,29). The number of benzene rings is 2. The topological polar surface area (TPSA) is 81.5 Å². The average molecular weight is 424 g/mol. The lowest BCUT2D eigenvalue weighted by atomic mass is 10.2. The van der Waals surface area contributed by atoms with Gasteiger partial charge in [-0.1, -0.05) is 24.3 Å². The second-order valence-electron chi connectivity index (χ2n) is 7.80. The molecule has 1 atom stereocenters. The Kier molecular flexibility index (Phi) is 6.66. The molecule has 0 saturated heterocycles. The Labute approximate surface area is 182 Å². The number of hydrogen-bond acceptors (Lipinski definition) is 6. The molecular formula is C23H29N5O3. The Hall–Kier alpha value is -3.13. The van der Waals surface area contributed by atoms with Gasteiger partial charge in [-0.3, -0.25) is 9.69 Å². The van der Waals surface area contributed by atoms with E-state index in [4.69, 9.17) is 9.47 Å². The molecule has 1 amide bonds. The lowest BCUT2D eigenvalue weighted by Gasteiger charge is -2.22. The van der Waals surface area contributed by atoms with Crippen LogP contribution < -0.4 is 14.8 Å². The quantitative estimate of drug-likeness (QED) is 0.561. The summed E-state index contributed by atoms with van der Waals surface area (Å²) in [6.45, 7) is 5.11. The van der Waals surface area contributed by atoms with Gasteiger partial charge in [0.05, 0.1) is 19.2 Å². The summed E-state index contributed by atoms with van der Waals surface area (Å²) in [5.41, 5.74) is 2.94. The summed E-state index contributed by atoms with van der Waals surface area (Å²) in [6.07, 6.45) is 1.73. The van der Waals surface area contributed by atoms with Crippen LogP contribution in [-0.2, 0) is 17.9 Å². The Morgan fingerprint density at radius 1 is 1.29 bits per heavy atom. The molecule has 4 rings (SSSR count). The van der Waals surface area contributed by atoms with Crippen LogP contribution in [0.4, 0.5) is 0 Å². The van der Waals surface area contributed by atoms with Crippen molar-refractivity contribution in [2.75, 3.05) is 26.7 Å². The van der Waals surface area contributed by atoms with E-state index >= 15 is 0 Å². The zero-order chi connectivity index (χ0) is 21.6. The normalized spacial score (nSPS) is 16.4. The number of carbonyl (C=O) groups is 1. The minimum absolute atomic E-state index is 0.0182. The molecule has 31 heavy (non-hydrogen) atoms. The number of aromatic nitrogens is 3. The highest BCUT2D eigenvalue weighted by molar-refractivity contribution is 5.78. The molecule has 8 heteroatoms. The van der Waals surface area contributed by atoms with Crippen LogP contribution in [0, 0.1) is 0 Å². The maximum absolute atomic E-state index is 12.6. The summed E-state index contributed by atoms with van der Waals surface area (Å²) in [4.78, 5) is 14.7. The van der Waals surface area contributed by atoms with Crippen molar-refractivity contribution < 1.29 is 14.3 Å². The summed E-state index contributed by atoms with van der Waals surface area (Å²) in [7, 11) is 1.65. The van der Waals surface area contributed by atoms with Gasteiger partial charge in [0.15, 0.2) is 0 Å². The average Bonchev–Trinajstić information content (AvgIpc) is 3.11. The summed E-state index contributed by atoms with van der Waals surface area (Å²) < 4.78 is 13.4. The highest BCUT2D eigenvalue weighted by atomic mass is 16.5. The maximum atomic E-state index is 12.6. The molecule has 1 aliphatic heterocycles. The summed E-state index contributed by atoms with van der Waals surface area (Å²) in [5.74, 6) is 1.68. The van der Waals surface area contributed by atoms with Crippen LogP contribution in [0.3, 0.4) is 0 Å². The zero-order valence-electron chi connectivity index (χ0n) is 18.1. The van der Waals surface area contributed by atoms with Crippen LogP contribution in [0.2, 0.25) is 0 Å². The molecule has 0 bridgehead atoms. The van der Waals surface area contributed by atoms with Crippen molar-refractivity contribution in [3.8, 4) is 11.5 Å². The lowest BCUT2D eigenvalue weighted by molar-refractivity contribution is -0.122. The van der Waals surface area contributed by atoms with E-state index in [1.165, 1.54) is 0 Å². The molecule has 3 aromatic rings. The fraction of sp³-hybridized carbons (Fsp3) is 0.435. The molecule has 1 N–H and O–H groups in total. The number of para-hydroxylation sites is 1. The molecule has 2 aromatic carbocycles. The molecular weight excluding hydrogens is 394 g/mol. The van der Waals surface area contributed by atoms with Gasteiger partial charge >= 0.3 is 0 Å². The summed E-state index contributed by atoms with van der Waals surface area (Å²) in [6, 6.07) is 13.7. The van der Waals surface area contributed by atoms with E-state index in [1.807, 2.05) is 47.1 Å². The summed E-state index contributed by atoms with van der Waals surface area (Å²) in [5, 5.41) is 11.4. The van der Waals surface area contributed by atoms with Gasteiger partial charge in [-0.25, -0.2) is 4.68 Å². The van der Waals surface area contributed by atoms with Crippen LogP contribution in [0.25, 0.3) is 11.0 Å². The second-order valence-corrected chi connectivity index (χ2v) is 7.80. The van der Waals surface area contributed by atoms with E-state index in [-0.39, 0.29) is 12.0 Å². The number of hydrogen-bond donors (Lipinski definition) is 1. The Morgan fingerprint density at radius 3 is 3.00 bits per heavy atom. The SMILES string of the molecule is CCC1CN(CC(=O)NCCCn2nnc3ccccc32)Cc2cc(OC)ccc2O1. The number of rotatable bonds is 8. The number of nitrogens with zero attached hydrogens (tertiary/aromatic N) is 4. The molecule has 0 fully saturated rings. The van der Waals surface area contributed by atoms with Gasteiger partial charge < -0.3 is 14.8 Å². The predicted octanol–water partition coefficient (Wildman–Crippen LogP) is 2.62. The molecule has 8 nitrogen and oxygen atoms in total. The van der Waals surface area contributed by atoms with Gasteiger partial charge in [0.2, 0.25) is 5.91 Å². The van der Waals surface area contributed by atoms with E-state index in [9.17, 15) is 4.79 Å². The van der Waals surface area contributed by atoms with E-state index in [1.54, 1.807) is 7.11 Å². The predicted molar refractivity (Wildman–Crippen MR) is 118 cm³/mol. The van der Waals surface area contributed by atoms with Crippen molar-refractivity contribution >= 4 is 16.9 Å². The molecule has 0 saturated carbocycles. The maximum Gasteiger partial charge on any atom is 0.234 e. The Morgan fingerprint density at radius 2 is 2.16 bits per heavy atom. The first-order chi connectivity index (χ1) is 15.2. The fourth-order valence-corrected chi connectivity index (χ4v) is 3.86. The molecule has 0 radical (unpaired) electrons. The number of fused-ring (bicyclic) bond motifs is 2. The number of ether oxygens (including phenoxy) is 2. The first-order valence-electron chi connectivity index (χ1n) is 10.8. The Balaban J connectivity index is 1.29. The number of carbonyl (C=O) groups excluding carboxylic acids is 1. The molecule has 1 unspecified atom stereocenters. The minimum atomic E-state index is 0.0182. The number of aryl methyl sites for hydroxylation is 1. The third kappa shape index (κ3) is 5.14. The lowest BCUT2D eigenvalue weighted by Crippen LogP contribution is -2.40. The van der Waals surface area contributed by atoms with Gasteiger partial charge in [0.1, 0.15) is 23.1 Å². The van der Waals surface area contributed by atoms with Crippen LogP contribution >= 0.6 is 0 Å². The van der Waals surface area contributed by atoms with Gasteiger partial charge in [-0.2, -0.15) is 0 Å². The smallest absolute Gasteiger partial charge is 0.234 e. The first kappa shape index (κ1) is 21.1. The molecule has 1 aliphatic rings. The monoisotopic (exact) mass is 423 g/mol. The van der Waals surface area contributed by atoms with E-state index < -0.39 is 0 Å². The largest absolute Gasteiger partial charge is 0.497 e. The molecule has 2 heterocycles. The van der Waals surface area contributed by atoms with Crippen molar-refractivity contribution in [1.29, 1.82) is 0 Å². The van der Waals surface area contributed by atoms with Crippen LogP contribution in [0.15, 0.2) is 42.5 Å². The van der Waals surface area contributed by atoms with Crippen molar-refractivity contribution in [3.05, 3.63) is 48.0 Å². The highest BCUT2D eigenvalue weighted by Gasteiger charge is 2.23. The van der Waals surface area contributed by atoms with Crippen molar-refractivity contribution in [1.82, 2.24) is 25.2 Å². The van der Waals surface area contributed by atoms with Gasteiger partial charge in [0.25, 0.3) is 0 Å². The highest BCUT2D eigenvalue weighted by Crippen LogP contribution is 2.29. The number of methoxy groups -OCH3 is 1. The molecule has 1 aromatic heterocycles. The van der Waals surface area contributed by atoms with Crippen molar-refractivity contribution in [3.63, 3.8) is 0 Å². The van der Waals surface area contributed by atoms with Crippen molar-refractivity contribution in [2.45, 2.75) is 39.0 Å². The van der Waals surface area contributed by atoms with Crippen molar-refractivity contribution in [2.24, 2.45) is 0 Å². The van der Waals surface area contributed by atoms with Gasteiger partial charge in [-0.05, 0) is 43.2 Å². The fourth-order valence-electron chi connectivity index (χ4n) is 3.86.